The number of carbonyl (C=O) groups is 5. The maximum Gasteiger partial charge on any atom is 0.337 e. The predicted molar refractivity (Wildman–Crippen MR) is 112 cm³/mol. The molecule has 0 saturated carbocycles. The van der Waals surface area contributed by atoms with E-state index in [2.05, 4.69) is 4.74 Å². The highest BCUT2D eigenvalue weighted by Crippen LogP contribution is 2.28. The lowest BCUT2D eigenvalue weighted by atomic mass is 9.85. The van der Waals surface area contributed by atoms with Gasteiger partial charge in [-0.2, -0.15) is 0 Å². The molecule has 166 valence electrons. The number of methoxy groups -OCH3 is 2. The van der Waals surface area contributed by atoms with Crippen molar-refractivity contribution in [2.45, 2.75) is 33.2 Å². The number of benzene rings is 1. The third-order valence-electron chi connectivity index (χ3n) is 5.49. The molecule has 1 aromatic carbocycles. The number of ether oxygens (including phenoxy) is 2. The van der Waals surface area contributed by atoms with Gasteiger partial charge in [-0.15, -0.1) is 0 Å². The number of Topliss-reactive ketones (excluding diaryl/α,β-unsaturated/α-hetero) is 2. The van der Waals surface area contributed by atoms with E-state index in [1.54, 1.807) is 30.3 Å². The van der Waals surface area contributed by atoms with E-state index in [1.165, 1.54) is 26.0 Å². The van der Waals surface area contributed by atoms with Crippen molar-refractivity contribution in [1.82, 2.24) is 4.90 Å². The van der Waals surface area contributed by atoms with Gasteiger partial charge in [0, 0.05) is 5.57 Å². The van der Waals surface area contributed by atoms with Crippen LogP contribution in [0.3, 0.4) is 0 Å². The van der Waals surface area contributed by atoms with Crippen molar-refractivity contribution in [2.75, 3.05) is 20.8 Å². The molecule has 2 rings (SSSR count). The third kappa shape index (κ3) is 5.07. The first-order chi connectivity index (χ1) is 14.7. The molecule has 0 N–H and O–H groups in total. The third-order valence-corrected chi connectivity index (χ3v) is 5.49. The van der Waals surface area contributed by atoms with Crippen molar-refractivity contribution in [2.24, 2.45) is 11.8 Å². The number of carbonyl (C=O) groups excluding carboxylic acids is 5. The van der Waals surface area contributed by atoms with Crippen LogP contribution in [0.15, 0.2) is 29.8 Å². The average Bonchev–Trinajstić information content (AvgIpc) is 2.76. The van der Waals surface area contributed by atoms with E-state index >= 15 is 0 Å². The minimum Gasteiger partial charge on any atom is -0.467 e. The normalized spacial score (nSPS) is 19.7. The number of ketones is 2. The molecular formula is C23H27NO7. The summed E-state index contributed by atoms with van der Waals surface area (Å²) in [5.41, 5.74) is 1.18. The maximum absolute atomic E-state index is 13.0. The van der Waals surface area contributed by atoms with Gasteiger partial charge in [0.25, 0.3) is 0 Å². The molecule has 0 aromatic heterocycles. The van der Waals surface area contributed by atoms with Crippen LogP contribution in [-0.2, 0) is 28.7 Å². The number of hydrogen-bond donors (Lipinski definition) is 0. The van der Waals surface area contributed by atoms with Crippen molar-refractivity contribution in [3.05, 3.63) is 41.0 Å². The number of rotatable bonds is 7. The molecule has 31 heavy (non-hydrogen) atoms. The Kier molecular flexibility index (Phi) is 7.85. The molecule has 1 fully saturated rings. The van der Waals surface area contributed by atoms with Crippen LogP contribution in [0.2, 0.25) is 0 Å². The van der Waals surface area contributed by atoms with E-state index < -0.39 is 41.4 Å². The fourth-order valence-electron chi connectivity index (χ4n) is 3.56. The summed E-state index contributed by atoms with van der Waals surface area (Å²) in [5.74, 6) is -4.68. The summed E-state index contributed by atoms with van der Waals surface area (Å²) in [6, 6.07) is 5.44. The van der Waals surface area contributed by atoms with Crippen LogP contribution in [0.4, 0.5) is 0 Å². The summed E-state index contributed by atoms with van der Waals surface area (Å²) >= 11 is 0. The van der Waals surface area contributed by atoms with Gasteiger partial charge < -0.3 is 14.4 Å². The topological polar surface area (TPSA) is 107 Å². The Morgan fingerprint density at radius 1 is 1.13 bits per heavy atom. The monoisotopic (exact) mass is 429 g/mol. The number of hydrogen-bond acceptors (Lipinski definition) is 7. The molecule has 1 saturated heterocycles. The van der Waals surface area contributed by atoms with E-state index in [0.29, 0.717) is 17.5 Å². The van der Waals surface area contributed by atoms with Crippen LogP contribution in [0.1, 0.15) is 43.1 Å². The molecule has 0 spiro atoms. The lowest BCUT2D eigenvalue weighted by Gasteiger charge is -2.38. The van der Waals surface area contributed by atoms with Gasteiger partial charge >= 0.3 is 11.9 Å². The largest absolute Gasteiger partial charge is 0.467 e. The number of nitrogens with zero attached hydrogens (tertiary/aromatic N) is 1. The molecule has 1 heterocycles. The van der Waals surface area contributed by atoms with Gasteiger partial charge in [-0.05, 0) is 36.6 Å². The van der Waals surface area contributed by atoms with Gasteiger partial charge in [0.1, 0.15) is 11.8 Å². The summed E-state index contributed by atoms with van der Waals surface area (Å²) in [6.45, 7) is 4.75. The lowest BCUT2D eigenvalue weighted by Crippen LogP contribution is -2.57. The molecule has 0 radical (unpaired) electrons. The smallest absolute Gasteiger partial charge is 0.337 e. The Balaban J connectivity index is 2.49. The second-order valence-electron chi connectivity index (χ2n) is 7.51. The van der Waals surface area contributed by atoms with Gasteiger partial charge in [0.2, 0.25) is 5.91 Å². The molecule has 0 aliphatic carbocycles. The fraction of sp³-hybridized carbons (Fsp3) is 0.435. The Labute approximate surface area is 181 Å². The second-order valence-corrected chi connectivity index (χ2v) is 7.51. The first-order valence-electron chi connectivity index (χ1n) is 9.98. The number of amides is 1. The van der Waals surface area contributed by atoms with Crippen LogP contribution in [-0.4, -0.2) is 61.1 Å². The second kappa shape index (κ2) is 10.1. The summed E-state index contributed by atoms with van der Waals surface area (Å²) in [6.07, 6.45) is 2.15. The number of piperidine rings is 1. The van der Waals surface area contributed by atoms with Crippen LogP contribution >= 0.6 is 0 Å². The Hall–Kier alpha value is -3.29. The highest BCUT2D eigenvalue weighted by Gasteiger charge is 2.46. The SMILES string of the molecule is CCC(C)C(C(=O)OC)N1C/C(=C\c2ccc(C(=O)OC)cc2)C(=O)C(C(C)=O)C1=O. The van der Waals surface area contributed by atoms with Crippen molar-refractivity contribution in [3.8, 4) is 0 Å². The first-order valence-corrected chi connectivity index (χ1v) is 9.98. The van der Waals surface area contributed by atoms with Crippen LogP contribution < -0.4 is 0 Å². The molecule has 3 unspecified atom stereocenters. The standard InChI is InChI=1S/C23H27NO7/c1-6-13(2)19(23(29)31-5)24-12-17(20(26)18(14(3)25)21(24)27)11-15-7-9-16(10-8-15)22(28)30-4/h7-11,13,18-19H,6,12H2,1-5H3/b17-11+. The van der Waals surface area contributed by atoms with Crippen molar-refractivity contribution >= 4 is 35.5 Å². The van der Waals surface area contributed by atoms with Crippen molar-refractivity contribution < 1.29 is 33.4 Å². The highest BCUT2D eigenvalue weighted by molar-refractivity contribution is 6.26. The van der Waals surface area contributed by atoms with Gasteiger partial charge in [-0.3, -0.25) is 14.4 Å². The maximum atomic E-state index is 13.0. The minimum atomic E-state index is -1.49. The zero-order valence-electron chi connectivity index (χ0n) is 18.3. The average molecular weight is 429 g/mol. The molecule has 1 aliphatic rings. The zero-order chi connectivity index (χ0) is 23.3. The van der Waals surface area contributed by atoms with E-state index in [0.717, 1.165) is 0 Å². The Bertz CT molecular complexity index is 916. The zero-order valence-corrected chi connectivity index (χ0v) is 18.3. The van der Waals surface area contributed by atoms with Crippen LogP contribution in [0.5, 0.6) is 0 Å². The molecule has 1 amide bonds. The summed E-state index contributed by atoms with van der Waals surface area (Å²) < 4.78 is 9.56. The van der Waals surface area contributed by atoms with Gasteiger partial charge in [-0.1, -0.05) is 32.4 Å². The van der Waals surface area contributed by atoms with Gasteiger partial charge in [-0.25, -0.2) is 9.59 Å². The Morgan fingerprint density at radius 2 is 1.74 bits per heavy atom. The fourth-order valence-corrected chi connectivity index (χ4v) is 3.56. The minimum absolute atomic E-state index is 0.121. The molecule has 3 atom stereocenters. The van der Waals surface area contributed by atoms with Crippen molar-refractivity contribution in [3.63, 3.8) is 0 Å². The lowest BCUT2D eigenvalue weighted by molar-refractivity contribution is -0.160. The molecule has 8 nitrogen and oxygen atoms in total. The summed E-state index contributed by atoms with van der Waals surface area (Å²) in [4.78, 5) is 63.4. The Morgan fingerprint density at radius 3 is 2.23 bits per heavy atom. The highest BCUT2D eigenvalue weighted by atomic mass is 16.5. The van der Waals surface area contributed by atoms with Gasteiger partial charge in [0.15, 0.2) is 11.7 Å². The quantitative estimate of drug-likeness (QED) is 0.371. The van der Waals surface area contributed by atoms with Crippen molar-refractivity contribution in [1.29, 1.82) is 0 Å². The van der Waals surface area contributed by atoms with E-state index in [-0.39, 0.29) is 18.0 Å². The number of esters is 2. The summed E-state index contributed by atoms with van der Waals surface area (Å²) in [5, 5.41) is 0. The number of likely N-dealkylation sites (tertiary alicyclic amines) is 1. The first kappa shape index (κ1) is 24.0. The van der Waals surface area contributed by atoms with E-state index in [1.807, 2.05) is 13.8 Å². The van der Waals surface area contributed by atoms with E-state index in [4.69, 9.17) is 4.74 Å². The molecule has 1 aromatic rings. The predicted octanol–water partition coefficient (Wildman–Crippen LogP) is 2.06. The van der Waals surface area contributed by atoms with Crippen LogP contribution in [0, 0.1) is 11.8 Å². The van der Waals surface area contributed by atoms with Crippen LogP contribution in [0.25, 0.3) is 6.08 Å². The molecule has 1 aliphatic heterocycles. The van der Waals surface area contributed by atoms with Gasteiger partial charge in [0.05, 0.1) is 26.3 Å². The summed E-state index contributed by atoms with van der Waals surface area (Å²) in [7, 11) is 2.51. The molecule has 0 bridgehead atoms. The van der Waals surface area contributed by atoms with E-state index in [9.17, 15) is 24.0 Å². The molecular weight excluding hydrogens is 402 g/mol. The molecule has 8 heteroatoms.